The molecule has 0 radical (unpaired) electrons. The van der Waals surface area contributed by atoms with E-state index in [4.69, 9.17) is 11.2 Å². The van der Waals surface area contributed by atoms with Gasteiger partial charge in [-0.15, -0.1) is 6.42 Å². The van der Waals surface area contributed by atoms with E-state index in [1.54, 1.807) is 19.9 Å². The van der Waals surface area contributed by atoms with Crippen molar-refractivity contribution in [3.63, 3.8) is 0 Å². The van der Waals surface area contributed by atoms with Crippen molar-refractivity contribution in [1.29, 1.82) is 0 Å². The zero-order valence-electron chi connectivity index (χ0n) is 18.0. The van der Waals surface area contributed by atoms with E-state index in [0.717, 1.165) is 6.07 Å². The number of carbonyl (C=O) groups excluding carboxylic acids is 2. The number of nitrogens with zero attached hydrogens (tertiary/aromatic N) is 1. The minimum absolute atomic E-state index is 0.0283. The monoisotopic (exact) mass is 473 g/mol. The lowest BCUT2D eigenvalue weighted by molar-refractivity contribution is -0.385. The van der Waals surface area contributed by atoms with E-state index in [-0.39, 0.29) is 34.7 Å². The molecule has 0 aliphatic carbocycles. The van der Waals surface area contributed by atoms with Crippen LogP contribution in [0.25, 0.3) is 0 Å². The first-order valence-electron chi connectivity index (χ1n) is 9.82. The number of nitrogens with one attached hydrogen (secondary N) is 2. The summed E-state index contributed by atoms with van der Waals surface area (Å²) in [7, 11) is -3.95. The number of terminal acetylenes is 1. The van der Waals surface area contributed by atoms with Crippen molar-refractivity contribution >= 4 is 27.6 Å². The second kappa shape index (κ2) is 11.2. The van der Waals surface area contributed by atoms with Gasteiger partial charge < -0.3 is 10.1 Å². The van der Waals surface area contributed by atoms with Crippen molar-refractivity contribution in [2.45, 2.75) is 37.3 Å². The number of para-hydroxylation sites is 1. The Labute approximate surface area is 191 Å². The van der Waals surface area contributed by atoms with Crippen molar-refractivity contribution in [3.8, 4) is 12.3 Å². The molecule has 0 spiro atoms. The lowest BCUT2D eigenvalue weighted by Gasteiger charge is -2.19. The summed E-state index contributed by atoms with van der Waals surface area (Å²) in [6.45, 7) is 3.07. The molecule has 33 heavy (non-hydrogen) atoms. The Morgan fingerprint density at radius 3 is 2.52 bits per heavy atom. The quantitative estimate of drug-likeness (QED) is 0.233. The molecule has 2 rings (SSSR count). The fourth-order valence-corrected chi connectivity index (χ4v) is 3.91. The Morgan fingerprint density at radius 1 is 1.18 bits per heavy atom. The minimum Gasteiger partial charge on any atom is -0.463 e. The Hall–Kier alpha value is -3.75. The zero-order chi connectivity index (χ0) is 24.6. The predicted octanol–water partition coefficient (Wildman–Crippen LogP) is 2.32. The molecule has 0 saturated carbocycles. The first kappa shape index (κ1) is 25.5. The number of ether oxygens (including phenoxy) is 1. The second-order valence-corrected chi connectivity index (χ2v) is 8.91. The maximum Gasteiger partial charge on any atom is 0.308 e. The normalized spacial score (nSPS) is 11.9. The molecule has 1 amide bonds. The molecule has 0 saturated heterocycles. The highest BCUT2D eigenvalue weighted by molar-refractivity contribution is 7.89. The first-order chi connectivity index (χ1) is 15.5. The number of rotatable bonds is 10. The number of amides is 1. The van der Waals surface area contributed by atoms with E-state index >= 15 is 0 Å². The van der Waals surface area contributed by atoms with Gasteiger partial charge in [0.1, 0.15) is 0 Å². The van der Waals surface area contributed by atoms with E-state index in [2.05, 4.69) is 16.0 Å². The molecule has 2 aromatic carbocycles. The molecular weight excluding hydrogens is 450 g/mol. The maximum atomic E-state index is 12.9. The number of carbonyl (C=O) groups is 2. The highest BCUT2D eigenvalue weighted by atomic mass is 32.2. The summed E-state index contributed by atoms with van der Waals surface area (Å²) in [5.41, 5.74) is -0.203. The molecule has 2 aromatic rings. The minimum atomic E-state index is -3.95. The third-order valence-corrected chi connectivity index (χ3v) is 5.72. The number of benzene rings is 2. The number of nitro benzene ring substituents is 1. The summed E-state index contributed by atoms with van der Waals surface area (Å²) in [5, 5.41) is 14.1. The molecule has 0 fully saturated rings. The third-order valence-electron chi connectivity index (χ3n) is 4.32. The van der Waals surface area contributed by atoms with E-state index in [0.29, 0.717) is 0 Å². The Balaban J connectivity index is 2.38. The molecule has 1 unspecified atom stereocenters. The largest absolute Gasteiger partial charge is 0.463 e. The number of hydrogen-bond acceptors (Lipinski definition) is 7. The predicted molar refractivity (Wildman–Crippen MR) is 120 cm³/mol. The molecule has 0 heterocycles. The fraction of sp³-hybridized carbons (Fsp3) is 0.273. The van der Waals surface area contributed by atoms with Crippen LogP contribution < -0.4 is 10.0 Å². The van der Waals surface area contributed by atoms with Gasteiger partial charge in [-0.25, -0.2) is 8.42 Å². The van der Waals surface area contributed by atoms with Crippen LogP contribution in [-0.2, 0) is 19.6 Å². The SMILES string of the molecule is C#CCNS(=O)(=O)c1cccc(C(=O)NC(CC(=O)OC(C)C)c2ccccc2[N+](=O)[O-])c1. The van der Waals surface area contributed by atoms with Crippen LogP contribution in [0.5, 0.6) is 0 Å². The number of hydrogen-bond donors (Lipinski definition) is 2. The van der Waals surface area contributed by atoms with E-state index in [1.807, 2.05) is 0 Å². The molecule has 0 aliphatic heterocycles. The molecule has 0 bridgehead atoms. The Kier molecular flexibility index (Phi) is 8.67. The lowest BCUT2D eigenvalue weighted by Crippen LogP contribution is -2.32. The van der Waals surface area contributed by atoms with Crippen molar-refractivity contribution < 1.29 is 27.7 Å². The van der Waals surface area contributed by atoms with Crippen LogP contribution in [0.4, 0.5) is 5.69 Å². The van der Waals surface area contributed by atoms with Crippen LogP contribution in [0.3, 0.4) is 0 Å². The Bertz CT molecular complexity index is 1190. The molecule has 2 N–H and O–H groups in total. The summed E-state index contributed by atoms with van der Waals surface area (Å²) >= 11 is 0. The van der Waals surface area contributed by atoms with Gasteiger partial charge in [0, 0.05) is 11.6 Å². The van der Waals surface area contributed by atoms with Gasteiger partial charge in [-0.2, -0.15) is 4.72 Å². The van der Waals surface area contributed by atoms with Gasteiger partial charge in [-0.05, 0) is 32.0 Å². The number of nitro groups is 1. The van der Waals surface area contributed by atoms with E-state index < -0.39 is 39.0 Å². The van der Waals surface area contributed by atoms with Crippen LogP contribution in [0, 0.1) is 22.5 Å². The molecule has 1 atom stereocenters. The van der Waals surface area contributed by atoms with Gasteiger partial charge in [0.15, 0.2) is 0 Å². The van der Waals surface area contributed by atoms with E-state index in [1.165, 1.54) is 36.4 Å². The topological polar surface area (TPSA) is 145 Å². The number of sulfonamides is 1. The van der Waals surface area contributed by atoms with Crippen LogP contribution in [0.1, 0.15) is 42.2 Å². The highest BCUT2D eigenvalue weighted by Crippen LogP contribution is 2.28. The van der Waals surface area contributed by atoms with Crippen LogP contribution in [-0.4, -0.2) is 37.9 Å². The summed E-state index contributed by atoms with van der Waals surface area (Å²) in [4.78, 5) is 35.9. The molecular formula is C22H23N3O7S. The van der Waals surface area contributed by atoms with Crippen LogP contribution in [0.15, 0.2) is 53.4 Å². The van der Waals surface area contributed by atoms with Crippen molar-refractivity contribution in [2.75, 3.05) is 6.54 Å². The fourth-order valence-electron chi connectivity index (χ4n) is 2.93. The van der Waals surface area contributed by atoms with Crippen molar-refractivity contribution in [2.24, 2.45) is 0 Å². The van der Waals surface area contributed by atoms with Gasteiger partial charge in [0.05, 0.1) is 40.5 Å². The Morgan fingerprint density at radius 2 is 1.88 bits per heavy atom. The summed E-state index contributed by atoms with van der Waals surface area (Å²) in [6.07, 6.45) is 4.29. The van der Waals surface area contributed by atoms with Gasteiger partial charge >= 0.3 is 5.97 Å². The summed E-state index contributed by atoms with van der Waals surface area (Å²) in [5.74, 6) is 0.757. The summed E-state index contributed by atoms with van der Waals surface area (Å²) in [6, 6.07) is 9.76. The van der Waals surface area contributed by atoms with Crippen molar-refractivity contribution in [1.82, 2.24) is 10.0 Å². The average molecular weight is 474 g/mol. The maximum absolute atomic E-state index is 12.9. The third kappa shape index (κ3) is 7.13. The standard InChI is InChI=1S/C22H23N3O7S/c1-4-12-23-33(30,31)17-9-7-8-16(13-17)22(27)24-19(14-21(26)32-15(2)3)18-10-5-6-11-20(18)25(28)29/h1,5-11,13,15,19,23H,12,14H2,2-3H3,(H,24,27). The van der Waals surface area contributed by atoms with Gasteiger partial charge in [-0.3, -0.25) is 19.7 Å². The van der Waals surface area contributed by atoms with Gasteiger partial charge in [0.25, 0.3) is 11.6 Å². The molecule has 11 heteroatoms. The zero-order valence-corrected chi connectivity index (χ0v) is 18.8. The van der Waals surface area contributed by atoms with Gasteiger partial charge in [-0.1, -0.05) is 30.2 Å². The highest BCUT2D eigenvalue weighted by Gasteiger charge is 2.27. The first-order valence-corrected chi connectivity index (χ1v) is 11.3. The smallest absolute Gasteiger partial charge is 0.308 e. The number of esters is 1. The average Bonchev–Trinajstić information content (AvgIpc) is 2.76. The van der Waals surface area contributed by atoms with E-state index in [9.17, 15) is 28.1 Å². The van der Waals surface area contributed by atoms with Gasteiger partial charge in [0.2, 0.25) is 10.0 Å². The van der Waals surface area contributed by atoms with Crippen LogP contribution >= 0.6 is 0 Å². The molecule has 0 aromatic heterocycles. The molecule has 10 nitrogen and oxygen atoms in total. The molecule has 0 aliphatic rings. The molecule has 174 valence electrons. The second-order valence-electron chi connectivity index (χ2n) is 7.14. The summed E-state index contributed by atoms with van der Waals surface area (Å²) < 4.78 is 31.9. The van der Waals surface area contributed by atoms with Crippen LogP contribution in [0.2, 0.25) is 0 Å². The lowest BCUT2D eigenvalue weighted by atomic mass is 10.0. The van der Waals surface area contributed by atoms with Crippen molar-refractivity contribution in [3.05, 3.63) is 69.8 Å².